The normalized spacial score (nSPS) is 11.6. The van der Waals surface area contributed by atoms with Crippen molar-refractivity contribution in [2.24, 2.45) is 0 Å². The number of hydrogen-bond acceptors (Lipinski definition) is 2. The van der Waals surface area contributed by atoms with Gasteiger partial charge in [0.05, 0.1) is 11.0 Å². The molecule has 0 spiro atoms. The Balaban J connectivity index is 1.17. The largest absolute Gasteiger partial charge is 0.310 e. The summed E-state index contributed by atoms with van der Waals surface area (Å²) in [7, 11) is 0. The smallest absolute Gasteiger partial charge is 0.0541 e. The van der Waals surface area contributed by atoms with Crippen molar-refractivity contribution in [1.82, 2.24) is 4.57 Å². The van der Waals surface area contributed by atoms with Gasteiger partial charge in [0, 0.05) is 59.3 Å². The van der Waals surface area contributed by atoms with E-state index >= 15 is 0 Å². The SMILES string of the molecule is Cc1cc(N(c2ccccc2)c2cc(-c3ccc(-n4c5ccccc5c5ccccc54)cc3)c3sc4ccccc4c3c2)cc(C)c1-c1ccccc1. The topological polar surface area (TPSA) is 8.17 Å². The summed E-state index contributed by atoms with van der Waals surface area (Å²) in [6, 6.07) is 66.4. The summed E-state index contributed by atoms with van der Waals surface area (Å²) < 4.78 is 4.99. The van der Waals surface area contributed by atoms with Crippen molar-refractivity contribution in [2.75, 3.05) is 4.90 Å². The maximum absolute atomic E-state index is 2.43. The van der Waals surface area contributed by atoms with Crippen molar-refractivity contribution in [1.29, 1.82) is 0 Å². The Morgan fingerprint density at radius 2 is 0.981 bits per heavy atom. The molecule has 10 aromatic rings. The van der Waals surface area contributed by atoms with E-state index in [9.17, 15) is 0 Å². The number of rotatable bonds is 6. The van der Waals surface area contributed by atoms with Crippen LogP contribution in [0.3, 0.4) is 0 Å². The van der Waals surface area contributed by atoms with E-state index in [1.807, 2.05) is 11.3 Å². The van der Waals surface area contributed by atoms with Gasteiger partial charge in [-0.2, -0.15) is 0 Å². The number of thiophene rings is 1. The summed E-state index contributed by atoms with van der Waals surface area (Å²) in [5.41, 5.74) is 14.5. The molecule has 53 heavy (non-hydrogen) atoms. The van der Waals surface area contributed by atoms with Gasteiger partial charge >= 0.3 is 0 Å². The van der Waals surface area contributed by atoms with Crippen LogP contribution in [0.2, 0.25) is 0 Å². The fraction of sp³-hybridized carbons (Fsp3) is 0.0400. The molecule has 0 fully saturated rings. The van der Waals surface area contributed by atoms with Crippen LogP contribution >= 0.6 is 11.3 Å². The molecular weight excluding hydrogens is 661 g/mol. The van der Waals surface area contributed by atoms with Gasteiger partial charge in [-0.05, 0) is 108 Å². The number of fused-ring (bicyclic) bond motifs is 6. The molecule has 0 N–H and O–H groups in total. The van der Waals surface area contributed by atoms with Gasteiger partial charge in [0.25, 0.3) is 0 Å². The summed E-state index contributed by atoms with van der Waals surface area (Å²) >= 11 is 1.88. The number of aryl methyl sites for hydroxylation is 2. The van der Waals surface area contributed by atoms with Gasteiger partial charge in [-0.25, -0.2) is 0 Å². The fourth-order valence-electron chi connectivity index (χ4n) is 8.30. The second kappa shape index (κ2) is 12.7. The van der Waals surface area contributed by atoms with E-state index in [-0.39, 0.29) is 0 Å². The number of benzene rings is 8. The molecule has 252 valence electrons. The van der Waals surface area contributed by atoms with Crippen LogP contribution in [0.15, 0.2) is 182 Å². The number of para-hydroxylation sites is 3. The van der Waals surface area contributed by atoms with Crippen molar-refractivity contribution in [3.63, 3.8) is 0 Å². The molecule has 0 atom stereocenters. The van der Waals surface area contributed by atoms with E-state index in [1.165, 1.54) is 75.4 Å². The highest BCUT2D eigenvalue weighted by Crippen LogP contribution is 2.46. The van der Waals surface area contributed by atoms with Crippen LogP contribution in [0.25, 0.3) is 69.9 Å². The first-order chi connectivity index (χ1) is 26.1. The molecule has 0 aliphatic carbocycles. The number of anilines is 3. The highest BCUT2D eigenvalue weighted by atomic mass is 32.1. The van der Waals surface area contributed by atoms with Gasteiger partial charge in [0.15, 0.2) is 0 Å². The maximum Gasteiger partial charge on any atom is 0.0541 e. The molecular formula is C50H36N2S. The van der Waals surface area contributed by atoms with Crippen LogP contribution in [0.5, 0.6) is 0 Å². The molecule has 2 aromatic heterocycles. The Labute approximate surface area is 313 Å². The van der Waals surface area contributed by atoms with Crippen molar-refractivity contribution in [3.8, 4) is 27.9 Å². The first-order valence-corrected chi connectivity index (χ1v) is 19.0. The van der Waals surface area contributed by atoms with Gasteiger partial charge in [0.2, 0.25) is 0 Å². The van der Waals surface area contributed by atoms with Gasteiger partial charge in [-0.1, -0.05) is 115 Å². The van der Waals surface area contributed by atoms with Crippen molar-refractivity contribution >= 4 is 70.4 Å². The van der Waals surface area contributed by atoms with Crippen LogP contribution in [-0.4, -0.2) is 4.57 Å². The highest BCUT2D eigenvalue weighted by molar-refractivity contribution is 7.26. The Morgan fingerprint density at radius 3 is 1.64 bits per heavy atom. The van der Waals surface area contributed by atoms with Gasteiger partial charge < -0.3 is 9.47 Å². The monoisotopic (exact) mass is 696 g/mol. The average Bonchev–Trinajstić information content (AvgIpc) is 3.75. The molecule has 0 radical (unpaired) electrons. The zero-order chi connectivity index (χ0) is 35.5. The van der Waals surface area contributed by atoms with E-state index < -0.39 is 0 Å². The van der Waals surface area contributed by atoms with Crippen molar-refractivity contribution in [2.45, 2.75) is 13.8 Å². The lowest BCUT2D eigenvalue weighted by atomic mass is 9.94. The molecule has 0 amide bonds. The maximum atomic E-state index is 2.43. The second-order valence-electron chi connectivity index (χ2n) is 13.9. The van der Waals surface area contributed by atoms with Crippen molar-refractivity contribution < 1.29 is 0 Å². The summed E-state index contributed by atoms with van der Waals surface area (Å²) in [6.07, 6.45) is 0. The molecule has 10 rings (SSSR count). The third-order valence-electron chi connectivity index (χ3n) is 10.6. The van der Waals surface area contributed by atoms with Crippen LogP contribution in [0.1, 0.15) is 11.1 Å². The minimum atomic E-state index is 1.13. The summed E-state index contributed by atoms with van der Waals surface area (Å²) in [5, 5.41) is 5.11. The molecule has 2 nitrogen and oxygen atoms in total. The van der Waals surface area contributed by atoms with Crippen LogP contribution < -0.4 is 4.90 Å². The third-order valence-corrected chi connectivity index (χ3v) is 11.8. The molecule has 8 aromatic carbocycles. The Bertz CT molecular complexity index is 2880. The van der Waals surface area contributed by atoms with E-state index in [0.29, 0.717) is 0 Å². The highest BCUT2D eigenvalue weighted by Gasteiger charge is 2.20. The van der Waals surface area contributed by atoms with Gasteiger partial charge in [-0.15, -0.1) is 11.3 Å². The quantitative estimate of drug-likeness (QED) is 0.168. The fourth-order valence-corrected chi connectivity index (χ4v) is 9.52. The van der Waals surface area contributed by atoms with E-state index in [4.69, 9.17) is 0 Å². The molecule has 3 heteroatoms. The van der Waals surface area contributed by atoms with Crippen molar-refractivity contribution in [3.05, 3.63) is 193 Å². The van der Waals surface area contributed by atoms with Crippen LogP contribution in [0.4, 0.5) is 17.1 Å². The molecule has 0 bridgehead atoms. The summed E-state index contributed by atoms with van der Waals surface area (Å²) in [5.74, 6) is 0. The van der Waals surface area contributed by atoms with E-state index in [1.54, 1.807) is 0 Å². The van der Waals surface area contributed by atoms with Gasteiger partial charge in [0.1, 0.15) is 0 Å². The minimum Gasteiger partial charge on any atom is -0.310 e. The zero-order valence-corrected chi connectivity index (χ0v) is 30.4. The first kappa shape index (κ1) is 31.3. The average molecular weight is 697 g/mol. The minimum absolute atomic E-state index is 1.13. The first-order valence-electron chi connectivity index (χ1n) is 18.2. The molecule has 0 aliphatic heterocycles. The molecule has 2 heterocycles. The molecule has 0 aliphatic rings. The Kier molecular flexibility index (Phi) is 7.48. The second-order valence-corrected chi connectivity index (χ2v) is 14.9. The van der Waals surface area contributed by atoms with E-state index in [2.05, 4.69) is 205 Å². The lowest BCUT2D eigenvalue weighted by molar-refractivity contribution is 1.18. The molecule has 0 saturated carbocycles. The van der Waals surface area contributed by atoms with Crippen LogP contribution in [0, 0.1) is 13.8 Å². The number of hydrogen-bond donors (Lipinski definition) is 0. The standard InChI is InChI=1S/C50H36N2S/c1-33-29-39(30-34(2)49(33)36-15-5-3-6-16-36)51(37-17-7-4-8-18-37)40-31-44(50-45(32-40)43-21-11-14-24-48(43)53-50)35-25-27-38(28-26-35)52-46-22-12-9-19-41(46)42-20-10-13-23-47(42)52/h3-32H,1-2H3. The zero-order valence-electron chi connectivity index (χ0n) is 29.6. The Hall–Kier alpha value is -6.42. The lowest BCUT2D eigenvalue weighted by Gasteiger charge is -2.28. The molecule has 0 saturated heterocycles. The summed E-state index contributed by atoms with van der Waals surface area (Å²) in [4.78, 5) is 2.43. The third kappa shape index (κ3) is 5.24. The Morgan fingerprint density at radius 1 is 0.434 bits per heavy atom. The number of nitrogens with zero attached hydrogens (tertiary/aromatic N) is 2. The molecule has 0 unspecified atom stereocenters. The lowest BCUT2D eigenvalue weighted by Crippen LogP contribution is -2.11. The predicted molar refractivity (Wildman–Crippen MR) is 229 cm³/mol. The summed E-state index contributed by atoms with van der Waals surface area (Å²) in [6.45, 7) is 4.48. The van der Waals surface area contributed by atoms with Crippen LogP contribution in [-0.2, 0) is 0 Å². The predicted octanol–water partition coefficient (Wildman–Crippen LogP) is 14.6. The van der Waals surface area contributed by atoms with Gasteiger partial charge in [-0.3, -0.25) is 0 Å². The number of aromatic nitrogens is 1. The van der Waals surface area contributed by atoms with E-state index in [0.717, 1.165) is 22.7 Å².